The third-order valence-electron chi connectivity index (χ3n) is 4.37. The average Bonchev–Trinajstić information content (AvgIpc) is 2.62. The second-order valence-electron chi connectivity index (χ2n) is 6.23. The predicted octanol–water partition coefficient (Wildman–Crippen LogP) is 3.26. The molecule has 140 valence electrons. The predicted molar refractivity (Wildman–Crippen MR) is 104 cm³/mol. The Hall–Kier alpha value is -2.18. The Morgan fingerprint density at radius 1 is 1.00 bits per heavy atom. The van der Waals surface area contributed by atoms with Crippen molar-refractivity contribution in [3.8, 4) is 0 Å². The molecule has 2 rings (SSSR count). The molecule has 1 N–H and O–H groups in total. The molecule has 0 fully saturated rings. The Bertz CT molecular complexity index is 870. The van der Waals surface area contributed by atoms with Crippen molar-refractivity contribution in [2.24, 2.45) is 0 Å². The van der Waals surface area contributed by atoms with Gasteiger partial charge in [0.15, 0.2) is 0 Å². The topological polar surface area (TPSA) is 66.5 Å². The first-order valence-electron chi connectivity index (χ1n) is 8.74. The van der Waals surface area contributed by atoms with Gasteiger partial charge in [-0.1, -0.05) is 49.7 Å². The minimum Gasteiger partial charge on any atom is -0.348 e. The van der Waals surface area contributed by atoms with Crippen molar-refractivity contribution < 1.29 is 13.2 Å². The third kappa shape index (κ3) is 4.51. The summed E-state index contributed by atoms with van der Waals surface area (Å²) in [6.45, 7) is 8.58. The Morgan fingerprint density at radius 2 is 1.62 bits per heavy atom. The Kier molecular flexibility index (Phi) is 6.56. The van der Waals surface area contributed by atoms with Crippen LogP contribution in [0.5, 0.6) is 0 Å². The zero-order valence-corrected chi connectivity index (χ0v) is 16.6. The summed E-state index contributed by atoms with van der Waals surface area (Å²) in [7, 11) is -3.59. The molecule has 0 heterocycles. The maximum absolute atomic E-state index is 12.7. The van der Waals surface area contributed by atoms with Gasteiger partial charge >= 0.3 is 0 Å². The van der Waals surface area contributed by atoms with Gasteiger partial charge in [0.2, 0.25) is 10.0 Å². The van der Waals surface area contributed by atoms with E-state index in [4.69, 9.17) is 0 Å². The van der Waals surface area contributed by atoms with Crippen molar-refractivity contribution in [3.05, 3.63) is 64.7 Å². The van der Waals surface area contributed by atoms with E-state index in [0.29, 0.717) is 25.2 Å². The molecule has 5 nitrogen and oxygen atoms in total. The van der Waals surface area contributed by atoms with Gasteiger partial charge in [0, 0.05) is 25.2 Å². The Morgan fingerprint density at radius 3 is 2.19 bits per heavy atom. The first-order valence-corrected chi connectivity index (χ1v) is 10.2. The monoisotopic (exact) mass is 374 g/mol. The van der Waals surface area contributed by atoms with Gasteiger partial charge in [0.1, 0.15) is 0 Å². The van der Waals surface area contributed by atoms with Crippen LogP contribution in [0.1, 0.15) is 40.9 Å². The summed E-state index contributed by atoms with van der Waals surface area (Å²) in [5.41, 5.74) is 3.27. The summed E-state index contributed by atoms with van der Waals surface area (Å²) in [6, 6.07) is 12.6. The summed E-state index contributed by atoms with van der Waals surface area (Å²) in [5, 5.41) is 2.86. The van der Waals surface area contributed by atoms with Crippen molar-refractivity contribution in [3.63, 3.8) is 0 Å². The van der Waals surface area contributed by atoms with Gasteiger partial charge in [0.25, 0.3) is 5.91 Å². The normalized spacial score (nSPS) is 11.6. The summed E-state index contributed by atoms with van der Waals surface area (Å²) in [5.74, 6) is -0.278. The van der Waals surface area contributed by atoms with Crippen LogP contribution in [0, 0.1) is 13.8 Å². The largest absolute Gasteiger partial charge is 0.348 e. The van der Waals surface area contributed by atoms with Crippen LogP contribution < -0.4 is 5.32 Å². The van der Waals surface area contributed by atoms with Crippen molar-refractivity contribution in [1.82, 2.24) is 9.62 Å². The van der Waals surface area contributed by atoms with E-state index in [-0.39, 0.29) is 10.8 Å². The van der Waals surface area contributed by atoms with E-state index in [1.165, 1.54) is 10.4 Å². The summed E-state index contributed by atoms with van der Waals surface area (Å²) >= 11 is 0. The van der Waals surface area contributed by atoms with Gasteiger partial charge in [-0.15, -0.1) is 0 Å². The van der Waals surface area contributed by atoms with Gasteiger partial charge in [0.05, 0.1) is 4.90 Å². The van der Waals surface area contributed by atoms with Crippen LogP contribution in [0.2, 0.25) is 0 Å². The van der Waals surface area contributed by atoms with Gasteiger partial charge in [-0.3, -0.25) is 4.79 Å². The van der Waals surface area contributed by atoms with Crippen LogP contribution >= 0.6 is 0 Å². The molecular formula is C20H26N2O3S. The van der Waals surface area contributed by atoms with Crippen LogP contribution in [0.25, 0.3) is 0 Å². The number of benzene rings is 2. The van der Waals surface area contributed by atoms with Crippen LogP contribution in [0.3, 0.4) is 0 Å². The first-order chi connectivity index (χ1) is 12.3. The van der Waals surface area contributed by atoms with Crippen LogP contribution in [0.4, 0.5) is 0 Å². The maximum atomic E-state index is 12.7. The number of carbonyl (C=O) groups is 1. The minimum atomic E-state index is -3.59. The minimum absolute atomic E-state index is 0.146. The molecule has 6 heteroatoms. The van der Waals surface area contributed by atoms with E-state index in [1.54, 1.807) is 32.9 Å². The zero-order valence-electron chi connectivity index (χ0n) is 15.7. The van der Waals surface area contributed by atoms with Crippen molar-refractivity contribution >= 4 is 15.9 Å². The fourth-order valence-corrected chi connectivity index (χ4v) is 4.19. The average molecular weight is 375 g/mol. The molecule has 0 aliphatic rings. The van der Waals surface area contributed by atoms with Crippen LogP contribution in [-0.2, 0) is 16.6 Å². The molecule has 1 amide bonds. The van der Waals surface area contributed by atoms with Crippen molar-refractivity contribution in [1.29, 1.82) is 0 Å². The summed E-state index contributed by atoms with van der Waals surface area (Å²) < 4.78 is 26.8. The smallest absolute Gasteiger partial charge is 0.251 e. The standard InChI is InChI=1S/C20H26N2O3S/c1-5-22(6-2)26(24,25)18-12-9-16(4)19(13-18)20(23)21-14-17-10-7-15(3)8-11-17/h7-13H,5-6,14H2,1-4H3,(H,21,23). The summed E-state index contributed by atoms with van der Waals surface area (Å²) in [6.07, 6.45) is 0. The van der Waals surface area contributed by atoms with E-state index in [9.17, 15) is 13.2 Å². The second-order valence-corrected chi connectivity index (χ2v) is 8.17. The molecule has 0 spiro atoms. The van der Waals surface area contributed by atoms with Gasteiger partial charge in [-0.2, -0.15) is 4.31 Å². The molecule has 2 aromatic rings. The second kappa shape index (κ2) is 8.47. The van der Waals surface area contributed by atoms with E-state index < -0.39 is 10.0 Å². The van der Waals surface area contributed by atoms with E-state index in [2.05, 4.69) is 5.32 Å². The molecule has 0 unspecified atom stereocenters. The Balaban J connectivity index is 2.23. The number of nitrogens with one attached hydrogen (secondary N) is 1. The molecule has 0 radical (unpaired) electrons. The molecular weight excluding hydrogens is 348 g/mol. The number of hydrogen-bond donors (Lipinski definition) is 1. The number of hydrogen-bond acceptors (Lipinski definition) is 3. The lowest BCUT2D eigenvalue weighted by molar-refractivity contribution is 0.0950. The molecule has 0 aliphatic heterocycles. The molecule has 0 aromatic heterocycles. The highest BCUT2D eigenvalue weighted by molar-refractivity contribution is 7.89. The number of nitrogens with zero attached hydrogens (tertiary/aromatic N) is 1. The highest BCUT2D eigenvalue weighted by Gasteiger charge is 2.23. The van der Waals surface area contributed by atoms with Crippen LogP contribution in [-0.4, -0.2) is 31.7 Å². The zero-order chi connectivity index (χ0) is 19.3. The van der Waals surface area contributed by atoms with Gasteiger partial charge < -0.3 is 5.32 Å². The molecule has 0 saturated carbocycles. The Labute approximate surface area is 156 Å². The van der Waals surface area contributed by atoms with Crippen molar-refractivity contribution in [2.45, 2.75) is 39.1 Å². The number of amides is 1. The molecule has 0 aliphatic carbocycles. The molecule has 0 atom stereocenters. The number of aryl methyl sites for hydroxylation is 2. The highest BCUT2D eigenvalue weighted by Crippen LogP contribution is 2.19. The molecule has 26 heavy (non-hydrogen) atoms. The number of carbonyl (C=O) groups excluding carboxylic acids is 1. The van der Waals surface area contributed by atoms with Gasteiger partial charge in [-0.25, -0.2) is 8.42 Å². The molecule has 0 bridgehead atoms. The van der Waals surface area contributed by atoms with Crippen molar-refractivity contribution in [2.75, 3.05) is 13.1 Å². The summed E-state index contributed by atoms with van der Waals surface area (Å²) in [4.78, 5) is 12.7. The quantitative estimate of drug-likeness (QED) is 0.809. The van der Waals surface area contributed by atoms with Crippen LogP contribution in [0.15, 0.2) is 47.4 Å². The first kappa shape index (κ1) is 20.1. The lowest BCUT2D eigenvalue weighted by atomic mass is 10.1. The molecule has 2 aromatic carbocycles. The number of sulfonamides is 1. The fraction of sp³-hybridized carbons (Fsp3) is 0.350. The van der Waals surface area contributed by atoms with E-state index >= 15 is 0 Å². The van der Waals surface area contributed by atoms with E-state index in [0.717, 1.165) is 16.7 Å². The maximum Gasteiger partial charge on any atom is 0.251 e. The molecule has 0 saturated heterocycles. The highest BCUT2D eigenvalue weighted by atomic mass is 32.2. The van der Waals surface area contributed by atoms with E-state index in [1.807, 2.05) is 31.2 Å². The number of rotatable bonds is 7. The lowest BCUT2D eigenvalue weighted by Gasteiger charge is -2.19. The SMILES string of the molecule is CCN(CC)S(=O)(=O)c1ccc(C)c(C(=O)NCc2ccc(C)cc2)c1. The van der Waals surface area contributed by atoms with Gasteiger partial charge in [-0.05, 0) is 37.1 Å². The lowest BCUT2D eigenvalue weighted by Crippen LogP contribution is -2.31. The third-order valence-corrected chi connectivity index (χ3v) is 6.42. The fourth-order valence-electron chi connectivity index (χ4n) is 2.70.